The molecule has 0 fully saturated rings. The largest absolute Gasteiger partial charge is 0.464 e. The predicted octanol–water partition coefficient (Wildman–Crippen LogP) is 0.981. The van der Waals surface area contributed by atoms with E-state index in [4.69, 9.17) is 4.42 Å². The third-order valence-electron chi connectivity index (χ3n) is 1.36. The maximum absolute atomic E-state index is 5.12. The van der Waals surface area contributed by atoms with Gasteiger partial charge in [-0.1, -0.05) is 18.2 Å². The van der Waals surface area contributed by atoms with Crippen molar-refractivity contribution >= 4 is 34.9 Å². The molecule has 0 unspecified atom stereocenters. The molecule has 0 radical (unpaired) electrons. The fraction of sp³-hybridized carbons (Fsp3) is 0. The van der Waals surface area contributed by atoms with Gasteiger partial charge in [-0.3, -0.25) is 0 Å². The Morgan fingerprint density at radius 3 is 2.60 bits per heavy atom. The van der Waals surface area contributed by atoms with E-state index in [0.717, 1.165) is 11.0 Å². The molecule has 0 aliphatic heterocycles. The second-order valence-electron chi connectivity index (χ2n) is 1.96. The van der Waals surface area contributed by atoms with Gasteiger partial charge >= 0.3 is 23.9 Å². The maximum atomic E-state index is 5.12. The van der Waals surface area contributed by atoms with Crippen molar-refractivity contribution in [3.05, 3.63) is 36.6 Å². The summed E-state index contributed by atoms with van der Waals surface area (Å²) in [5.74, 6) is 0. The van der Waals surface area contributed by atoms with Gasteiger partial charge in [-0.05, 0) is 12.1 Å². The van der Waals surface area contributed by atoms with E-state index in [-0.39, 0.29) is 23.9 Å². The van der Waals surface area contributed by atoms with E-state index in [0.29, 0.717) is 0 Å². The minimum atomic E-state index is 0. The molecule has 2 heteroatoms. The monoisotopic (exact) mass is 242 g/mol. The topological polar surface area (TPSA) is 13.1 Å². The smallest absolute Gasteiger partial charge is 0.133 e. The molecule has 0 saturated carbocycles. The SMILES string of the molecule is [SnH4].c1ccc2occc2c1. The van der Waals surface area contributed by atoms with Gasteiger partial charge in [0.15, 0.2) is 0 Å². The minimum Gasteiger partial charge on any atom is -0.464 e. The van der Waals surface area contributed by atoms with Crippen LogP contribution in [0.25, 0.3) is 11.0 Å². The summed E-state index contributed by atoms with van der Waals surface area (Å²) in [5, 5.41) is 1.16. The van der Waals surface area contributed by atoms with Crippen LogP contribution in [-0.4, -0.2) is 23.9 Å². The van der Waals surface area contributed by atoms with Gasteiger partial charge in [0.25, 0.3) is 0 Å². The molecule has 0 spiro atoms. The summed E-state index contributed by atoms with van der Waals surface area (Å²) in [6, 6.07) is 9.90. The average Bonchev–Trinajstić information content (AvgIpc) is 2.33. The quantitative estimate of drug-likeness (QED) is 0.626. The van der Waals surface area contributed by atoms with Gasteiger partial charge in [0.1, 0.15) is 5.58 Å². The van der Waals surface area contributed by atoms with Crippen molar-refractivity contribution in [2.45, 2.75) is 0 Å². The van der Waals surface area contributed by atoms with Crippen LogP contribution in [0.4, 0.5) is 0 Å². The van der Waals surface area contributed by atoms with Gasteiger partial charge < -0.3 is 4.42 Å². The normalized spacial score (nSPS) is 9.20. The molecule has 2 aromatic rings. The first-order valence-corrected chi connectivity index (χ1v) is 2.89. The first-order valence-electron chi connectivity index (χ1n) is 2.89. The van der Waals surface area contributed by atoms with Crippen LogP contribution in [0.2, 0.25) is 0 Å². The summed E-state index contributed by atoms with van der Waals surface area (Å²) in [4.78, 5) is 0. The van der Waals surface area contributed by atoms with Crippen molar-refractivity contribution in [3.63, 3.8) is 0 Å². The summed E-state index contributed by atoms with van der Waals surface area (Å²) in [7, 11) is 0. The van der Waals surface area contributed by atoms with Crippen LogP contribution in [0.3, 0.4) is 0 Å². The Bertz CT molecular complexity index is 283. The maximum Gasteiger partial charge on any atom is 0.133 e. The van der Waals surface area contributed by atoms with Gasteiger partial charge in [-0.25, -0.2) is 0 Å². The van der Waals surface area contributed by atoms with Crippen molar-refractivity contribution in [2.24, 2.45) is 0 Å². The van der Waals surface area contributed by atoms with Crippen molar-refractivity contribution in [1.29, 1.82) is 0 Å². The van der Waals surface area contributed by atoms with E-state index >= 15 is 0 Å². The van der Waals surface area contributed by atoms with Gasteiger partial charge in [-0.2, -0.15) is 0 Å². The molecule has 1 heterocycles. The average molecular weight is 241 g/mol. The number of benzene rings is 1. The Morgan fingerprint density at radius 1 is 1.00 bits per heavy atom. The third-order valence-corrected chi connectivity index (χ3v) is 1.36. The van der Waals surface area contributed by atoms with Crippen LogP contribution in [-0.2, 0) is 0 Å². The second-order valence-corrected chi connectivity index (χ2v) is 1.96. The van der Waals surface area contributed by atoms with Gasteiger partial charge in [0.05, 0.1) is 6.26 Å². The molecule has 1 nitrogen and oxygen atoms in total. The first kappa shape index (κ1) is 7.66. The summed E-state index contributed by atoms with van der Waals surface area (Å²) >= 11 is 0. The number of hydrogen-bond acceptors (Lipinski definition) is 1. The molecule has 0 N–H and O–H groups in total. The molecule has 52 valence electrons. The molecule has 0 aliphatic carbocycles. The Kier molecular flexibility index (Phi) is 2.38. The van der Waals surface area contributed by atoms with Crippen molar-refractivity contribution in [1.82, 2.24) is 0 Å². The number of hydrogen-bond donors (Lipinski definition) is 0. The van der Waals surface area contributed by atoms with E-state index < -0.39 is 0 Å². The standard InChI is InChI=1S/C8H6O.Sn.4H/c1-2-4-8-7(3-1)5-6-9-8;;;;;/h1-6H;;;;;. The first-order chi connectivity index (χ1) is 4.47. The van der Waals surface area contributed by atoms with Gasteiger partial charge in [0.2, 0.25) is 0 Å². The summed E-state index contributed by atoms with van der Waals surface area (Å²) in [5.41, 5.74) is 0.956. The van der Waals surface area contributed by atoms with Crippen LogP contribution >= 0.6 is 0 Å². The van der Waals surface area contributed by atoms with Gasteiger partial charge in [-0.15, -0.1) is 0 Å². The number of fused-ring (bicyclic) bond motifs is 1. The zero-order valence-electron chi connectivity index (χ0n) is 4.87. The number of para-hydroxylation sites is 1. The minimum absolute atomic E-state index is 0. The summed E-state index contributed by atoms with van der Waals surface area (Å²) in [6.07, 6.45) is 1.70. The van der Waals surface area contributed by atoms with Gasteiger partial charge in [0, 0.05) is 5.39 Å². The zero-order chi connectivity index (χ0) is 6.10. The van der Waals surface area contributed by atoms with Crippen LogP contribution < -0.4 is 0 Å². The van der Waals surface area contributed by atoms with Crippen molar-refractivity contribution in [2.75, 3.05) is 0 Å². The molecular weight excluding hydrogens is 231 g/mol. The number of furan rings is 1. The van der Waals surface area contributed by atoms with Crippen LogP contribution in [0.15, 0.2) is 41.0 Å². The molecule has 10 heavy (non-hydrogen) atoms. The fourth-order valence-electron chi connectivity index (χ4n) is 0.906. The molecule has 1 aromatic heterocycles. The van der Waals surface area contributed by atoms with Crippen molar-refractivity contribution in [3.8, 4) is 0 Å². The molecule has 0 aliphatic rings. The van der Waals surface area contributed by atoms with E-state index in [9.17, 15) is 0 Å². The molecule has 0 saturated heterocycles. The zero-order valence-corrected chi connectivity index (χ0v) is 4.87. The molecule has 2 rings (SSSR count). The Morgan fingerprint density at radius 2 is 1.80 bits per heavy atom. The Labute approximate surface area is 76.0 Å². The third kappa shape index (κ3) is 1.19. The van der Waals surface area contributed by atoms with Crippen LogP contribution in [0, 0.1) is 0 Å². The summed E-state index contributed by atoms with van der Waals surface area (Å²) < 4.78 is 5.12. The molecule has 0 atom stereocenters. The van der Waals surface area contributed by atoms with E-state index in [1.165, 1.54) is 0 Å². The van der Waals surface area contributed by atoms with Crippen molar-refractivity contribution < 1.29 is 4.42 Å². The van der Waals surface area contributed by atoms with Crippen LogP contribution in [0.1, 0.15) is 0 Å². The van der Waals surface area contributed by atoms with E-state index in [1.54, 1.807) is 6.26 Å². The molecular formula is C8H10OSn. The Balaban J connectivity index is 0.000000500. The summed E-state index contributed by atoms with van der Waals surface area (Å²) in [6.45, 7) is 0. The van der Waals surface area contributed by atoms with E-state index in [1.807, 2.05) is 30.3 Å². The fourth-order valence-corrected chi connectivity index (χ4v) is 0.906. The second kappa shape index (κ2) is 3.10. The predicted molar refractivity (Wildman–Crippen MR) is 47.5 cm³/mol. The van der Waals surface area contributed by atoms with Crippen LogP contribution in [0.5, 0.6) is 0 Å². The number of rotatable bonds is 0. The molecule has 0 bridgehead atoms. The molecule has 1 aromatic carbocycles. The van der Waals surface area contributed by atoms with E-state index in [2.05, 4.69) is 0 Å². The molecule has 0 amide bonds. The Hall–Kier alpha value is -0.441.